The maximum absolute atomic E-state index is 12.6. The van der Waals surface area contributed by atoms with Gasteiger partial charge in [0.15, 0.2) is 0 Å². The standard InChI is InChI=1S/C21H39N3O/c1-18(19-9-8-12-22-16-19)15-20(25)23-17-21(10-4-2-5-11-21)24-13-6-3-7-14-24/h18-19,22H,2-17H2,1H3,(H,23,25). The first-order chi connectivity index (χ1) is 12.2. The molecular weight excluding hydrogens is 310 g/mol. The van der Waals surface area contributed by atoms with Crippen LogP contribution in [0, 0.1) is 11.8 Å². The lowest BCUT2D eigenvalue weighted by Gasteiger charge is -2.48. The molecule has 4 heteroatoms. The number of carbonyl (C=O) groups excluding carboxylic acids is 1. The number of hydrogen-bond acceptors (Lipinski definition) is 3. The molecule has 0 aromatic heterocycles. The van der Waals surface area contributed by atoms with Gasteiger partial charge in [0.05, 0.1) is 0 Å². The van der Waals surface area contributed by atoms with Crippen molar-refractivity contribution in [2.24, 2.45) is 11.8 Å². The third-order valence-electron chi connectivity index (χ3n) is 7.07. The molecular formula is C21H39N3O. The van der Waals surface area contributed by atoms with Crippen LogP contribution in [0.1, 0.15) is 77.6 Å². The van der Waals surface area contributed by atoms with Crippen LogP contribution in [0.3, 0.4) is 0 Å². The second kappa shape index (κ2) is 9.36. The minimum absolute atomic E-state index is 0.254. The summed E-state index contributed by atoms with van der Waals surface area (Å²) < 4.78 is 0. The Labute approximate surface area is 154 Å². The molecule has 144 valence electrons. The van der Waals surface area contributed by atoms with Crippen molar-refractivity contribution in [3.8, 4) is 0 Å². The van der Waals surface area contributed by atoms with Gasteiger partial charge in [0.1, 0.15) is 0 Å². The van der Waals surface area contributed by atoms with E-state index in [1.807, 2.05) is 0 Å². The molecule has 0 aromatic carbocycles. The number of piperidine rings is 2. The summed E-state index contributed by atoms with van der Waals surface area (Å²) in [5.74, 6) is 1.44. The smallest absolute Gasteiger partial charge is 0.220 e. The minimum Gasteiger partial charge on any atom is -0.354 e. The van der Waals surface area contributed by atoms with Crippen LogP contribution in [0.15, 0.2) is 0 Å². The van der Waals surface area contributed by atoms with E-state index in [0.29, 0.717) is 18.3 Å². The van der Waals surface area contributed by atoms with Crippen molar-refractivity contribution >= 4 is 5.91 Å². The lowest BCUT2D eigenvalue weighted by molar-refractivity contribution is -0.123. The van der Waals surface area contributed by atoms with E-state index >= 15 is 0 Å². The maximum atomic E-state index is 12.6. The molecule has 1 saturated carbocycles. The fourth-order valence-electron chi connectivity index (χ4n) is 5.34. The van der Waals surface area contributed by atoms with Crippen LogP contribution in [-0.2, 0) is 4.79 Å². The number of carbonyl (C=O) groups is 1. The van der Waals surface area contributed by atoms with Crippen LogP contribution in [0.25, 0.3) is 0 Å². The predicted octanol–water partition coefficient (Wildman–Crippen LogP) is 3.32. The average molecular weight is 350 g/mol. The summed E-state index contributed by atoms with van der Waals surface area (Å²) in [5, 5.41) is 6.84. The largest absolute Gasteiger partial charge is 0.354 e. The molecule has 3 rings (SSSR count). The average Bonchev–Trinajstić information content (AvgIpc) is 2.68. The highest BCUT2D eigenvalue weighted by Crippen LogP contribution is 2.35. The van der Waals surface area contributed by atoms with Crippen molar-refractivity contribution in [2.75, 3.05) is 32.7 Å². The van der Waals surface area contributed by atoms with Gasteiger partial charge in [-0.05, 0) is 76.5 Å². The normalized spacial score (nSPS) is 29.1. The van der Waals surface area contributed by atoms with Crippen molar-refractivity contribution in [3.63, 3.8) is 0 Å². The molecule has 3 aliphatic rings. The van der Waals surface area contributed by atoms with Gasteiger partial charge in [-0.25, -0.2) is 0 Å². The zero-order chi connectivity index (χ0) is 17.5. The Morgan fingerprint density at radius 2 is 1.84 bits per heavy atom. The Bertz CT molecular complexity index is 407. The highest BCUT2D eigenvalue weighted by Gasteiger charge is 2.38. The zero-order valence-corrected chi connectivity index (χ0v) is 16.3. The van der Waals surface area contributed by atoms with E-state index in [0.717, 1.165) is 19.6 Å². The van der Waals surface area contributed by atoms with E-state index in [4.69, 9.17) is 0 Å². The molecule has 4 nitrogen and oxygen atoms in total. The molecule has 2 saturated heterocycles. The number of nitrogens with zero attached hydrogens (tertiary/aromatic N) is 1. The molecule has 0 aromatic rings. The molecule has 3 fully saturated rings. The van der Waals surface area contributed by atoms with Gasteiger partial charge in [-0.3, -0.25) is 9.69 Å². The van der Waals surface area contributed by atoms with Gasteiger partial charge in [0, 0.05) is 18.5 Å². The van der Waals surface area contributed by atoms with Crippen molar-refractivity contribution in [2.45, 2.75) is 83.1 Å². The fraction of sp³-hybridized carbons (Fsp3) is 0.952. The van der Waals surface area contributed by atoms with E-state index in [1.165, 1.54) is 77.3 Å². The van der Waals surface area contributed by atoms with Crippen LogP contribution in [0.4, 0.5) is 0 Å². The quantitative estimate of drug-likeness (QED) is 0.773. The Morgan fingerprint density at radius 1 is 1.12 bits per heavy atom. The van der Waals surface area contributed by atoms with Gasteiger partial charge < -0.3 is 10.6 Å². The molecule has 0 radical (unpaired) electrons. The van der Waals surface area contributed by atoms with Crippen molar-refractivity contribution in [3.05, 3.63) is 0 Å². The van der Waals surface area contributed by atoms with E-state index in [1.54, 1.807) is 0 Å². The van der Waals surface area contributed by atoms with Crippen LogP contribution >= 0.6 is 0 Å². The van der Waals surface area contributed by atoms with Crippen LogP contribution < -0.4 is 10.6 Å². The Hall–Kier alpha value is -0.610. The van der Waals surface area contributed by atoms with Gasteiger partial charge in [0.25, 0.3) is 0 Å². The Balaban J connectivity index is 1.50. The van der Waals surface area contributed by atoms with Crippen molar-refractivity contribution in [1.82, 2.24) is 15.5 Å². The molecule has 2 heterocycles. The molecule has 2 unspecified atom stereocenters. The summed E-state index contributed by atoms with van der Waals surface area (Å²) in [5.41, 5.74) is 0.254. The SMILES string of the molecule is CC(CC(=O)NCC1(N2CCCCC2)CCCCC1)C1CCCNC1. The van der Waals surface area contributed by atoms with Crippen molar-refractivity contribution in [1.29, 1.82) is 0 Å². The predicted molar refractivity (Wildman–Crippen MR) is 104 cm³/mol. The first-order valence-corrected chi connectivity index (χ1v) is 10.9. The molecule has 2 aliphatic heterocycles. The molecule has 2 N–H and O–H groups in total. The van der Waals surface area contributed by atoms with E-state index in [2.05, 4.69) is 22.5 Å². The molecule has 0 bridgehead atoms. The second-order valence-electron chi connectivity index (χ2n) is 8.90. The number of likely N-dealkylation sites (tertiary alicyclic amines) is 1. The summed E-state index contributed by atoms with van der Waals surface area (Å²) in [4.78, 5) is 15.3. The number of amides is 1. The van der Waals surface area contributed by atoms with Gasteiger partial charge in [-0.1, -0.05) is 32.6 Å². The number of nitrogens with one attached hydrogen (secondary N) is 2. The fourth-order valence-corrected chi connectivity index (χ4v) is 5.34. The van der Waals surface area contributed by atoms with Gasteiger partial charge >= 0.3 is 0 Å². The first-order valence-electron chi connectivity index (χ1n) is 10.9. The minimum atomic E-state index is 0.254. The maximum Gasteiger partial charge on any atom is 0.220 e. The summed E-state index contributed by atoms with van der Waals surface area (Å²) in [6.07, 6.45) is 13.9. The van der Waals surface area contributed by atoms with Gasteiger partial charge in [-0.2, -0.15) is 0 Å². The lowest BCUT2D eigenvalue weighted by atomic mass is 9.79. The number of hydrogen-bond donors (Lipinski definition) is 2. The van der Waals surface area contributed by atoms with E-state index in [-0.39, 0.29) is 11.4 Å². The van der Waals surface area contributed by atoms with Gasteiger partial charge in [0.2, 0.25) is 5.91 Å². The van der Waals surface area contributed by atoms with E-state index in [9.17, 15) is 4.79 Å². The van der Waals surface area contributed by atoms with Gasteiger partial charge in [-0.15, -0.1) is 0 Å². The molecule has 1 aliphatic carbocycles. The lowest BCUT2D eigenvalue weighted by Crippen LogP contribution is -2.58. The van der Waals surface area contributed by atoms with Crippen LogP contribution in [-0.4, -0.2) is 49.1 Å². The Kier molecular flexibility index (Phi) is 7.18. The third-order valence-corrected chi connectivity index (χ3v) is 7.07. The highest BCUT2D eigenvalue weighted by molar-refractivity contribution is 5.76. The summed E-state index contributed by atoms with van der Waals surface area (Å²) in [6.45, 7) is 7.85. The van der Waals surface area contributed by atoms with E-state index < -0.39 is 0 Å². The first kappa shape index (κ1) is 19.2. The second-order valence-corrected chi connectivity index (χ2v) is 8.90. The molecule has 2 atom stereocenters. The number of rotatable bonds is 6. The monoisotopic (exact) mass is 349 g/mol. The highest BCUT2D eigenvalue weighted by atomic mass is 16.1. The zero-order valence-electron chi connectivity index (χ0n) is 16.3. The van der Waals surface area contributed by atoms with Crippen molar-refractivity contribution < 1.29 is 4.79 Å². The summed E-state index contributed by atoms with van der Waals surface area (Å²) >= 11 is 0. The van der Waals surface area contributed by atoms with Crippen LogP contribution in [0.2, 0.25) is 0 Å². The summed E-state index contributed by atoms with van der Waals surface area (Å²) in [7, 11) is 0. The molecule has 25 heavy (non-hydrogen) atoms. The molecule has 0 spiro atoms. The van der Waals surface area contributed by atoms with Crippen LogP contribution in [0.5, 0.6) is 0 Å². The Morgan fingerprint density at radius 3 is 2.52 bits per heavy atom. The summed E-state index contributed by atoms with van der Waals surface area (Å²) in [6, 6.07) is 0. The third kappa shape index (κ3) is 5.19. The topological polar surface area (TPSA) is 44.4 Å². The molecule has 1 amide bonds.